The molecule has 1 fully saturated rings. The van der Waals surface area contributed by atoms with Gasteiger partial charge >= 0.3 is 0 Å². The van der Waals surface area contributed by atoms with E-state index in [4.69, 9.17) is 4.74 Å². The Morgan fingerprint density at radius 3 is 2.83 bits per heavy atom. The quantitative estimate of drug-likeness (QED) is 0.737. The Labute approximate surface area is 171 Å². The van der Waals surface area contributed by atoms with Crippen molar-refractivity contribution in [3.05, 3.63) is 59.9 Å². The molecule has 0 spiro atoms. The van der Waals surface area contributed by atoms with Gasteiger partial charge in [-0.1, -0.05) is 24.3 Å². The van der Waals surface area contributed by atoms with Crippen LogP contribution in [-0.4, -0.2) is 59.4 Å². The number of hydrogen-bond acceptors (Lipinski definition) is 5. The van der Waals surface area contributed by atoms with E-state index in [0.29, 0.717) is 32.8 Å². The van der Waals surface area contributed by atoms with Gasteiger partial charge < -0.3 is 15.0 Å². The molecule has 0 bridgehead atoms. The van der Waals surface area contributed by atoms with Gasteiger partial charge in [-0.2, -0.15) is 0 Å². The van der Waals surface area contributed by atoms with Gasteiger partial charge in [-0.25, -0.2) is 0 Å². The number of piperazine rings is 1. The smallest absolute Gasteiger partial charge is 0.237 e. The summed E-state index contributed by atoms with van der Waals surface area (Å²) in [5.41, 5.74) is 1.84. The number of carbonyl (C=O) groups excluding carboxylic acids is 2. The van der Waals surface area contributed by atoms with Crippen molar-refractivity contribution in [1.29, 1.82) is 0 Å². The lowest BCUT2D eigenvalue weighted by Crippen LogP contribution is -2.56. The Morgan fingerprint density at radius 1 is 1.28 bits per heavy atom. The number of aromatic nitrogens is 1. The van der Waals surface area contributed by atoms with Crippen LogP contribution in [0.4, 0.5) is 0 Å². The van der Waals surface area contributed by atoms with E-state index < -0.39 is 6.04 Å². The second kappa shape index (κ2) is 10.0. The van der Waals surface area contributed by atoms with Crippen LogP contribution < -0.4 is 10.1 Å². The van der Waals surface area contributed by atoms with Crippen molar-refractivity contribution < 1.29 is 14.3 Å². The Hall–Kier alpha value is -2.93. The highest BCUT2D eigenvalue weighted by molar-refractivity contribution is 5.88. The third-order valence-electron chi connectivity index (χ3n) is 5.01. The fraction of sp³-hybridized carbons (Fsp3) is 0.409. The minimum absolute atomic E-state index is 0.0826. The average molecular weight is 396 g/mol. The number of carbonyl (C=O) groups is 2. The number of nitrogens with one attached hydrogen (secondary N) is 1. The maximum absolute atomic E-state index is 12.8. The van der Waals surface area contributed by atoms with Gasteiger partial charge in [-0.15, -0.1) is 0 Å². The summed E-state index contributed by atoms with van der Waals surface area (Å²) in [5.74, 6) is 0.629. The molecule has 0 saturated carbocycles. The molecule has 2 amide bonds. The van der Waals surface area contributed by atoms with Gasteiger partial charge in [0.15, 0.2) is 0 Å². The number of amides is 2. The van der Waals surface area contributed by atoms with Gasteiger partial charge in [0.05, 0.1) is 31.3 Å². The highest BCUT2D eigenvalue weighted by Gasteiger charge is 2.32. The van der Waals surface area contributed by atoms with Crippen LogP contribution in [0.15, 0.2) is 48.7 Å². The van der Waals surface area contributed by atoms with E-state index in [-0.39, 0.29) is 18.2 Å². The maximum atomic E-state index is 12.8. The van der Waals surface area contributed by atoms with E-state index in [9.17, 15) is 9.59 Å². The number of rotatable bonds is 8. The summed E-state index contributed by atoms with van der Waals surface area (Å²) in [4.78, 5) is 33.3. The van der Waals surface area contributed by atoms with Crippen molar-refractivity contribution in [3.8, 4) is 5.75 Å². The van der Waals surface area contributed by atoms with Crippen molar-refractivity contribution in [1.82, 2.24) is 20.1 Å². The summed E-state index contributed by atoms with van der Waals surface area (Å²) in [7, 11) is 1.74. The molecule has 3 rings (SSSR count). The average Bonchev–Trinajstić information content (AvgIpc) is 2.72. The first-order valence-electron chi connectivity index (χ1n) is 9.94. The number of para-hydroxylation sites is 1. The molecular weight excluding hydrogens is 368 g/mol. The summed E-state index contributed by atoms with van der Waals surface area (Å²) in [5, 5.41) is 2.89. The number of pyridine rings is 1. The van der Waals surface area contributed by atoms with Crippen LogP contribution in [0, 0.1) is 0 Å². The van der Waals surface area contributed by atoms with Gasteiger partial charge in [0.25, 0.3) is 0 Å². The predicted octanol–water partition coefficient (Wildman–Crippen LogP) is 1.83. The Morgan fingerprint density at radius 2 is 2.07 bits per heavy atom. The largest absolute Gasteiger partial charge is 0.494 e. The molecule has 2 heterocycles. The summed E-state index contributed by atoms with van der Waals surface area (Å²) in [6, 6.07) is 13.0. The van der Waals surface area contributed by atoms with Crippen LogP contribution in [0.2, 0.25) is 0 Å². The SMILES string of the molecule is CCOc1ccccc1CN1CCNC(=O)C1CC(=O)N(C)Cc1ccccn1. The van der Waals surface area contributed by atoms with Crippen molar-refractivity contribution in [2.75, 3.05) is 26.7 Å². The number of hydrogen-bond donors (Lipinski definition) is 1. The number of ether oxygens (including phenoxy) is 1. The van der Waals surface area contributed by atoms with Gasteiger partial charge in [-0.3, -0.25) is 19.5 Å². The second-order valence-electron chi connectivity index (χ2n) is 7.09. The van der Waals surface area contributed by atoms with Crippen molar-refractivity contribution in [2.24, 2.45) is 0 Å². The molecular formula is C22H28N4O3. The summed E-state index contributed by atoms with van der Waals surface area (Å²) >= 11 is 0. The summed E-state index contributed by atoms with van der Waals surface area (Å²) < 4.78 is 5.72. The van der Waals surface area contributed by atoms with Crippen molar-refractivity contribution in [2.45, 2.75) is 32.5 Å². The molecule has 154 valence electrons. The predicted molar refractivity (Wildman–Crippen MR) is 110 cm³/mol. The first-order valence-corrected chi connectivity index (χ1v) is 9.94. The minimum atomic E-state index is -0.503. The van der Waals surface area contributed by atoms with Crippen LogP contribution in [-0.2, 0) is 22.7 Å². The molecule has 1 aliphatic heterocycles. The molecule has 0 aliphatic carbocycles. The van der Waals surface area contributed by atoms with Crippen molar-refractivity contribution >= 4 is 11.8 Å². The maximum Gasteiger partial charge on any atom is 0.237 e. The Bertz CT molecular complexity index is 828. The molecule has 29 heavy (non-hydrogen) atoms. The molecule has 1 aromatic heterocycles. The van der Waals surface area contributed by atoms with E-state index in [2.05, 4.69) is 15.2 Å². The van der Waals surface area contributed by atoms with E-state index in [1.54, 1.807) is 18.1 Å². The van der Waals surface area contributed by atoms with Crippen LogP contribution in [0.3, 0.4) is 0 Å². The lowest BCUT2D eigenvalue weighted by Gasteiger charge is -2.35. The zero-order valence-corrected chi connectivity index (χ0v) is 17.0. The van der Waals surface area contributed by atoms with Gasteiger partial charge in [-0.05, 0) is 25.1 Å². The third-order valence-corrected chi connectivity index (χ3v) is 5.01. The molecule has 7 nitrogen and oxygen atoms in total. The highest BCUT2D eigenvalue weighted by atomic mass is 16.5. The number of benzene rings is 1. The van der Waals surface area contributed by atoms with E-state index in [1.807, 2.05) is 49.4 Å². The number of nitrogens with zero attached hydrogens (tertiary/aromatic N) is 3. The summed E-state index contributed by atoms with van der Waals surface area (Å²) in [6.07, 6.45) is 1.84. The normalized spacial score (nSPS) is 16.9. The fourth-order valence-corrected chi connectivity index (χ4v) is 3.47. The standard InChI is InChI=1S/C22H28N4O3/c1-3-29-20-10-5-4-8-17(20)15-26-13-12-24-22(28)19(26)14-21(27)25(2)16-18-9-6-7-11-23-18/h4-11,19H,3,12-16H2,1-2H3,(H,24,28). The molecule has 1 unspecified atom stereocenters. The third kappa shape index (κ3) is 5.54. The van der Waals surface area contributed by atoms with Crippen LogP contribution in [0.25, 0.3) is 0 Å². The molecule has 1 N–H and O–H groups in total. The second-order valence-corrected chi connectivity index (χ2v) is 7.09. The highest BCUT2D eigenvalue weighted by Crippen LogP contribution is 2.22. The molecule has 0 radical (unpaired) electrons. The van der Waals surface area contributed by atoms with Crippen LogP contribution in [0.5, 0.6) is 5.75 Å². The monoisotopic (exact) mass is 396 g/mol. The minimum Gasteiger partial charge on any atom is -0.494 e. The first kappa shape index (κ1) is 20.8. The van der Waals surface area contributed by atoms with Crippen molar-refractivity contribution in [3.63, 3.8) is 0 Å². The van der Waals surface area contributed by atoms with E-state index >= 15 is 0 Å². The topological polar surface area (TPSA) is 74.8 Å². The molecule has 7 heteroatoms. The zero-order chi connectivity index (χ0) is 20.6. The van der Waals surface area contributed by atoms with E-state index in [1.165, 1.54) is 0 Å². The van der Waals surface area contributed by atoms with Crippen LogP contribution in [0.1, 0.15) is 24.6 Å². The molecule has 1 atom stereocenters. The molecule has 1 aliphatic rings. The first-order chi connectivity index (χ1) is 14.1. The fourth-order valence-electron chi connectivity index (χ4n) is 3.47. The molecule has 2 aromatic rings. The zero-order valence-electron chi connectivity index (χ0n) is 17.0. The lowest BCUT2D eigenvalue weighted by atomic mass is 10.1. The Kier molecular flexibility index (Phi) is 7.19. The summed E-state index contributed by atoms with van der Waals surface area (Å²) in [6.45, 7) is 4.77. The van der Waals surface area contributed by atoms with Crippen LogP contribution >= 0.6 is 0 Å². The lowest BCUT2D eigenvalue weighted by molar-refractivity contribution is -0.138. The van der Waals surface area contributed by atoms with Gasteiger partial charge in [0.2, 0.25) is 11.8 Å². The van der Waals surface area contributed by atoms with Gasteiger partial charge in [0, 0.05) is 38.4 Å². The van der Waals surface area contributed by atoms with Gasteiger partial charge in [0.1, 0.15) is 5.75 Å². The molecule has 1 saturated heterocycles. The molecule has 1 aromatic carbocycles. The van der Waals surface area contributed by atoms with E-state index in [0.717, 1.165) is 17.0 Å². The Balaban J connectivity index is 1.68.